The van der Waals surface area contributed by atoms with Crippen LogP contribution in [0.2, 0.25) is 0 Å². The highest BCUT2D eigenvalue weighted by Gasteiger charge is 2.33. The predicted molar refractivity (Wildman–Crippen MR) is 120 cm³/mol. The lowest BCUT2D eigenvalue weighted by Crippen LogP contribution is -2.31. The van der Waals surface area contributed by atoms with Crippen LogP contribution in [0.1, 0.15) is 74.2 Å². The molecule has 1 fully saturated rings. The van der Waals surface area contributed by atoms with E-state index >= 15 is 0 Å². The van der Waals surface area contributed by atoms with E-state index in [-0.39, 0.29) is 17.4 Å². The molecule has 182 valence electrons. The van der Waals surface area contributed by atoms with Crippen LogP contribution in [0.5, 0.6) is 0 Å². The molecule has 2 heterocycles. The fourth-order valence-electron chi connectivity index (χ4n) is 4.28. The molecule has 2 aromatic heterocycles. The molecule has 0 aliphatic heterocycles. The molecule has 0 spiro atoms. The third-order valence-electron chi connectivity index (χ3n) is 6.25. The number of carbonyl (C=O) groups is 1. The van der Waals surface area contributed by atoms with Crippen LogP contribution in [0.4, 0.5) is 18.9 Å². The van der Waals surface area contributed by atoms with Crippen LogP contribution in [0.25, 0.3) is 10.9 Å². The topological polar surface area (TPSA) is 100 Å². The summed E-state index contributed by atoms with van der Waals surface area (Å²) >= 11 is 0. The van der Waals surface area contributed by atoms with E-state index in [0.717, 1.165) is 25.0 Å². The third-order valence-corrected chi connectivity index (χ3v) is 6.25. The second-order valence-corrected chi connectivity index (χ2v) is 9.71. The predicted octanol–water partition coefficient (Wildman–Crippen LogP) is 4.80. The number of anilines is 1. The number of amides is 1. The zero-order valence-electron chi connectivity index (χ0n) is 19.1. The minimum Gasteiger partial charge on any atom is -0.390 e. The molecular weight excluding hydrogens is 449 g/mol. The summed E-state index contributed by atoms with van der Waals surface area (Å²) in [6.07, 6.45) is 0.0253. The average Bonchev–Trinajstić information content (AvgIpc) is 3.15. The SMILES string of the molecule is CC1(O)CCC(n2cc3cc(NC(=O)c4cccc(C(F)(F)F)n4)c(C(C)(C)O)cc3n2)CC1. The van der Waals surface area contributed by atoms with E-state index in [1.54, 1.807) is 26.0 Å². The number of aliphatic hydroxyl groups is 2. The first kappa shape index (κ1) is 24.2. The molecule has 0 bridgehead atoms. The zero-order valence-corrected chi connectivity index (χ0v) is 19.1. The number of benzene rings is 1. The molecule has 3 N–H and O–H groups in total. The summed E-state index contributed by atoms with van der Waals surface area (Å²) in [7, 11) is 0. The summed E-state index contributed by atoms with van der Waals surface area (Å²) in [5.74, 6) is -0.821. The smallest absolute Gasteiger partial charge is 0.390 e. The summed E-state index contributed by atoms with van der Waals surface area (Å²) in [4.78, 5) is 16.2. The van der Waals surface area contributed by atoms with Gasteiger partial charge in [-0.25, -0.2) is 4.98 Å². The first-order chi connectivity index (χ1) is 15.7. The van der Waals surface area contributed by atoms with Gasteiger partial charge in [0.15, 0.2) is 0 Å². The van der Waals surface area contributed by atoms with Crippen molar-refractivity contribution in [3.63, 3.8) is 0 Å². The summed E-state index contributed by atoms with van der Waals surface area (Å²) in [6, 6.07) is 6.55. The number of pyridine rings is 1. The molecule has 1 aliphatic rings. The Morgan fingerprint density at radius 2 is 1.88 bits per heavy atom. The number of fused-ring (bicyclic) bond motifs is 1. The zero-order chi connectivity index (χ0) is 24.9. The van der Waals surface area contributed by atoms with Crippen LogP contribution in [-0.2, 0) is 11.8 Å². The van der Waals surface area contributed by atoms with Crippen LogP contribution in [-0.4, -0.2) is 36.5 Å². The van der Waals surface area contributed by atoms with Gasteiger partial charge in [0.2, 0.25) is 0 Å². The minimum absolute atomic E-state index is 0.116. The van der Waals surface area contributed by atoms with Crippen molar-refractivity contribution < 1.29 is 28.2 Å². The number of carbonyl (C=O) groups excluding carboxylic acids is 1. The summed E-state index contributed by atoms with van der Waals surface area (Å²) < 4.78 is 40.8. The molecule has 1 aliphatic carbocycles. The maximum atomic E-state index is 13.0. The van der Waals surface area contributed by atoms with Gasteiger partial charge in [-0.3, -0.25) is 9.48 Å². The Hall–Kier alpha value is -2.98. The van der Waals surface area contributed by atoms with E-state index in [4.69, 9.17) is 0 Å². The number of nitrogens with zero attached hydrogens (tertiary/aromatic N) is 3. The lowest BCUT2D eigenvalue weighted by atomic mass is 9.84. The highest BCUT2D eigenvalue weighted by atomic mass is 19.4. The Labute approximate surface area is 194 Å². The van der Waals surface area contributed by atoms with Crippen molar-refractivity contribution in [2.24, 2.45) is 0 Å². The van der Waals surface area contributed by atoms with Crippen LogP contribution in [0.3, 0.4) is 0 Å². The van der Waals surface area contributed by atoms with E-state index in [1.165, 1.54) is 6.07 Å². The first-order valence-corrected chi connectivity index (χ1v) is 11.1. The number of aromatic nitrogens is 3. The van der Waals surface area contributed by atoms with Gasteiger partial charge in [0.1, 0.15) is 11.4 Å². The third kappa shape index (κ3) is 5.07. The van der Waals surface area contributed by atoms with Crippen LogP contribution in [0.15, 0.2) is 36.5 Å². The van der Waals surface area contributed by atoms with Gasteiger partial charge in [-0.15, -0.1) is 0 Å². The van der Waals surface area contributed by atoms with Gasteiger partial charge in [0.25, 0.3) is 5.91 Å². The molecule has 0 saturated heterocycles. The van der Waals surface area contributed by atoms with Gasteiger partial charge in [-0.1, -0.05) is 6.07 Å². The van der Waals surface area contributed by atoms with Crippen molar-refractivity contribution in [1.29, 1.82) is 0 Å². The molecule has 7 nitrogen and oxygen atoms in total. The average molecular weight is 476 g/mol. The highest BCUT2D eigenvalue weighted by Crippen LogP contribution is 2.37. The molecule has 0 atom stereocenters. The molecule has 0 radical (unpaired) electrons. The summed E-state index contributed by atoms with van der Waals surface area (Å²) in [6.45, 7) is 4.92. The molecule has 1 saturated carbocycles. The lowest BCUT2D eigenvalue weighted by molar-refractivity contribution is -0.141. The first-order valence-electron chi connectivity index (χ1n) is 11.1. The lowest BCUT2D eigenvalue weighted by Gasteiger charge is -2.33. The van der Waals surface area contributed by atoms with Gasteiger partial charge in [0.05, 0.1) is 22.8 Å². The van der Waals surface area contributed by atoms with Gasteiger partial charge in [-0.05, 0) is 70.7 Å². The van der Waals surface area contributed by atoms with E-state index in [1.807, 2.05) is 17.8 Å². The van der Waals surface area contributed by atoms with Crippen molar-refractivity contribution in [1.82, 2.24) is 14.8 Å². The monoisotopic (exact) mass is 476 g/mol. The number of hydrogen-bond acceptors (Lipinski definition) is 5. The molecular formula is C24H27F3N4O3. The molecule has 0 unspecified atom stereocenters. The Kier molecular flexibility index (Phi) is 5.93. The van der Waals surface area contributed by atoms with E-state index in [0.29, 0.717) is 29.3 Å². The van der Waals surface area contributed by atoms with Gasteiger partial charge >= 0.3 is 6.18 Å². The number of halogens is 3. The fraction of sp³-hybridized carbons (Fsp3) is 0.458. The van der Waals surface area contributed by atoms with Crippen molar-refractivity contribution in [3.05, 3.63) is 53.5 Å². The van der Waals surface area contributed by atoms with Crippen molar-refractivity contribution in [3.8, 4) is 0 Å². The van der Waals surface area contributed by atoms with Gasteiger partial charge in [-0.2, -0.15) is 18.3 Å². The second kappa shape index (κ2) is 8.35. The summed E-state index contributed by atoms with van der Waals surface area (Å²) in [5.41, 5.74) is -2.33. The molecule has 1 amide bonds. The largest absolute Gasteiger partial charge is 0.433 e. The Balaban J connectivity index is 1.67. The number of nitrogens with one attached hydrogen (secondary N) is 1. The Morgan fingerprint density at radius 3 is 2.50 bits per heavy atom. The molecule has 10 heteroatoms. The van der Waals surface area contributed by atoms with Gasteiger partial charge < -0.3 is 15.5 Å². The van der Waals surface area contributed by atoms with Gasteiger partial charge in [0, 0.05) is 22.8 Å². The standard InChI is InChI=1S/C24H27F3N4O3/c1-22(2,33)16-12-18-14(13-31(30-18)15-7-9-23(3,34)10-8-15)11-19(16)29-21(32)17-5-4-6-20(28-17)24(25,26)27/h4-6,11-13,15,33-34H,7-10H2,1-3H3,(H,29,32). The van der Waals surface area contributed by atoms with Crippen LogP contribution < -0.4 is 5.32 Å². The normalized spacial score (nSPS) is 21.6. The van der Waals surface area contributed by atoms with Crippen molar-refractivity contribution in [2.45, 2.75) is 69.9 Å². The Morgan fingerprint density at radius 1 is 1.21 bits per heavy atom. The van der Waals surface area contributed by atoms with E-state index in [2.05, 4.69) is 15.4 Å². The fourth-order valence-corrected chi connectivity index (χ4v) is 4.28. The Bertz CT molecular complexity index is 1220. The van der Waals surface area contributed by atoms with Crippen molar-refractivity contribution >= 4 is 22.5 Å². The molecule has 1 aromatic carbocycles. The molecule has 3 aromatic rings. The number of hydrogen-bond donors (Lipinski definition) is 3. The van der Waals surface area contributed by atoms with E-state index < -0.39 is 29.0 Å². The molecule has 34 heavy (non-hydrogen) atoms. The van der Waals surface area contributed by atoms with E-state index in [9.17, 15) is 28.2 Å². The highest BCUT2D eigenvalue weighted by molar-refractivity contribution is 6.04. The minimum atomic E-state index is -4.67. The summed E-state index contributed by atoms with van der Waals surface area (Å²) in [5, 5.41) is 28.9. The molecule has 4 rings (SSSR count). The quantitative estimate of drug-likeness (QED) is 0.503. The second-order valence-electron chi connectivity index (χ2n) is 9.71. The maximum absolute atomic E-state index is 13.0. The number of rotatable bonds is 4. The maximum Gasteiger partial charge on any atom is 0.433 e. The van der Waals surface area contributed by atoms with Crippen molar-refractivity contribution in [2.75, 3.05) is 5.32 Å². The van der Waals surface area contributed by atoms with Crippen LogP contribution in [0, 0.1) is 0 Å². The number of alkyl halides is 3. The van der Waals surface area contributed by atoms with Crippen LogP contribution >= 0.6 is 0 Å².